The molecule has 1 unspecified atom stereocenters. The average Bonchev–Trinajstić information content (AvgIpc) is 2.98. The second-order valence-electron chi connectivity index (χ2n) is 6.41. The normalized spacial score (nSPS) is 18.7. The van der Waals surface area contributed by atoms with Crippen LogP contribution in [0.5, 0.6) is 0 Å². The van der Waals surface area contributed by atoms with Crippen molar-refractivity contribution in [2.24, 2.45) is 0 Å². The van der Waals surface area contributed by atoms with Gasteiger partial charge in [0.25, 0.3) is 5.56 Å². The number of rotatable bonds is 3. The van der Waals surface area contributed by atoms with Gasteiger partial charge in [-0.15, -0.1) is 0 Å². The molecule has 0 amide bonds. The molecule has 0 bridgehead atoms. The van der Waals surface area contributed by atoms with Crippen molar-refractivity contribution in [2.75, 3.05) is 19.6 Å². The molecule has 130 valence electrons. The summed E-state index contributed by atoms with van der Waals surface area (Å²) in [6.07, 6.45) is 1.41. The third kappa shape index (κ3) is 3.13. The summed E-state index contributed by atoms with van der Waals surface area (Å²) in [7, 11) is 0. The van der Waals surface area contributed by atoms with E-state index >= 15 is 0 Å². The number of H-pyrrole nitrogens is 1. The molecule has 0 radical (unpaired) electrons. The van der Waals surface area contributed by atoms with Gasteiger partial charge in [0.1, 0.15) is 0 Å². The Labute approximate surface area is 143 Å². The summed E-state index contributed by atoms with van der Waals surface area (Å²) in [4.78, 5) is 27.9. The van der Waals surface area contributed by atoms with E-state index in [4.69, 9.17) is 4.52 Å². The molecule has 4 rings (SSSR count). The van der Waals surface area contributed by atoms with E-state index < -0.39 is 11.2 Å². The highest BCUT2D eigenvalue weighted by Gasteiger charge is 2.17. The standard InChI is InChI=1S/C17H19N5O3/c1-11-9-21(7-5-18-11)10-12-2-3-14-13(8-12)16(20-25-14)22-6-4-15(23)19-17(22)24/h2-4,6,8,11,18H,5,7,9-10H2,1H3,(H,19,23,24). The lowest BCUT2D eigenvalue weighted by atomic mass is 10.1. The van der Waals surface area contributed by atoms with E-state index in [-0.39, 0.29) is 0 Å². The molecule has 2 aromatic heterocycles. The zero-order valence-electron chi connectivity index (χ0n) is 13.9. The lowest BCUT2D eigenvalue weighted by molar-refractivity contribution is 0.200. The van der Waals surface area contributed by atoms with E-state index in [2.05, 4.69) is 27.3 Å². The molecule has 0 spiro atoms. The molecular formula is C17H19N5O3. The first-order valence-electron chi connectivity index (χ1n) is 8.26. The Bertz CT molecular complexity index is 1020. The van der Waals surface area contributed by atoms with Gasteiger partial charge in [-0.3, -0.25) is 14.7 Å². The molecule has 1 saturated heterocycles. The molecule has 1 atom stereocenters. The lowest BCUT2D eigenvalue weighted by Gasteiger charge is -2.31. The second kappa shape index (κ2) is 6.30. The summed E-state index contributed by atoms with van der Waals surface area (Å²) >= 11 is 0. The number of nitrogens with one attached hydrogen (secondary N) is 2. The molecule has 3 aromatic rings. The van der Waals surface area contributed by atoms with Gasteiger partial charge in [0.2, 0.25) is 0 Å². The quantitative estimate of drug-likeness (QED) is 0.718. The number of piperazine rings is 1. The maximum absolute atomic E-state index is 12.0. The lowest BCUT2D eigenvalue weighted by Crippen LogP contribution is -2.48. The Hall–Kier alpha value is -2.71. The van der Waals surface area contributed by atoms with Crippen LogP contribution in [0.1, 0.15) is 12.5 Å². The third-order valence-electron chi connectivity index (χ3n) is 4.43. The number of nitrogens with zero attached hydrogens (tertiary/aromatic N) is 3. The van der Waals surface area contributed by atoms with Crippen molar-refractivity contribution in [2.45, 2.75) is 19.5 Å². The average molecular weight is 341 g/mol. The fraction of sp³-hybridized carbons (Fsp3) is 0.353. The van der Waals surface area contributed by atoms with Crippen LogP contribution in [0.2, 0.25) is 0 Å². The minimum atomic E-state index is -0.538. The van der Waals surface area contributed by atoms with Gasteiger partial charge in [-0.1, -0.05) is 11.2 Å². The van der Waals surface area contributed by atoms with E-state index in [0.717, 1.165) is 37.1 Å². The minimum Gasteiger partial charge on any atom is -0.354 e. The van der Waals surface area contributed by atoms with Crippen molar-refractivity contribution in [1.29, 1.82) is 0 Å². The highest BCUT2D eigenvalue weighted by Crippen LogP contribution is 2.23. The molecular weight excluding hydrogens is 322 g/mol. The van der Waals surface area contributed by atoms with Gasteiger partial charge in [0, 0.05) is 44.5 Å². The van der Waals surface area contributed by atoms with E-state index in [0.29, 0.717) is 17.4 Å². The van der Waals surface area contributed by atoms with Crippen LogP contribution in [0.25, 0.3) is 16.8 Å². The Kier molecular flexibility index (Phi) is 3.98. The maximum Gasteiger partial charge on any atom is 0.334 e. The first-order chi connectivity index (χ1) is 12.1. The van der Waals surface area contributed by atoms with Crippen molar-refractivity contribution in [3.05, 3.63) is 56.9 Å². The van der Waals surface area contributed by atoms with E-state index in [1.807, 2.05) is 18.2 Å². The van der Waals surface area contributed by atoms with Gasteiger partial charge in [-0.25, -0.2) is 9.36 Å². The summed E-state index contributed by atoms with van der Waals surface area (Å²) in [5.41, 5.74) is 0.751. The highest BCUT2D eigenvalue weighted by molar-refractivity contribution is 5.84. The first-order valence-corrected chi connectivity index (χ1v) is 8.26. The molecule has 8 heteroatoms. The summed E-state index contributed by atoms with van der Waals surface area (Å²) in [5.74, 6) is 0.381. The maximum atomic E-state index is 12.0. The third-order valence-corrected chi connectivity index (χ3v) is 4.43. The first kappa shape index (κ1) is 15.8. The molecule has 3 heterocycles. The predicted octanol–water partition coefficient (Wildman–Crippen LogP) is 0.461. The zero-order valence-corrected chi connectivity index (χ0v) is 13.9. The van der Waals surface area contributed by atoms with Crippen molar-refractivity contribution < 1.29 is 4.52 Å². The van der Waals surface area contributed by atoms with E-state index in [1.165, 1.54) is 16.8 Å². The second-order valence-corrected chi connectivity index (χ2v) is 6.41. The summed E-state index contributed by atoms with van der Waals surface area (Å²) in [5, 5.41) is 8.17. The predicted molar refractivity (Wildman–Crippen MR) is 93.0 cm³/mol. The Morgan fingerprint density at radius 3 is 3.00 bits per heavy atom. The van der Waals surface area contributed by atoms with Crippen molar-refractivity contribution in [3.8, 4) is 5.82 Å². The summed E-state index contributed by atoms with van der Waals surface area (Å²) in [6, 6.07) is 7.63. The molecule has 1 fully saturated rings. The summed E-state index contributed by atoms with van der Waals surface area (Å²) < 4.78 is 6.61. The van der Waals surface area contributed by atoms with Gasteiger partial charge in [-0.2, -0.15) is 0 Å². The van der Waals surface area contributed by atoms with Crippen LogP contribution in [0.15, 0.2) is 44.6 Å². The monoisotopic (exact) mass is 341 g/mol. The van der Waals surface area contributed by atoms with Crippen LogP contribution in [0.3, 0.4) is 0 Å². The smallest absolute Gasteiger partial charge is 0.334 e. The molecule has 2 N–H and O–H groups in total. The van der Waals surface area contributed by atoms with Gasteiger partial charge >= 0.3 is 5.69 Å². The molecule has 0 saturated carbocycles. The number of aromatic amines is 1. The minimum absolute atomic E-state index is 0.381. The summed E-state index contributed by atoms with van der Waals surface area (Å²) in [6.45, 7) is 5.98. The topological polar surface area (TPSA) is 96.2 Å². The van der Waals surface area contributed by atoms with Crippen LogP contribution < -0.4 is 16.6 Å². The van der Waals surface area contributed by atoms with Crippen LogP contribution in [-0.2, 0) is 6.54 Å². The Balaban J connectivity index is 1.70. The van der Waals surface area contributed by atoms with Gasteiger partial charge in [0.15, 0.2) is 11.4 Å². The van der Waals surface area contributed by atoms with Crippen LogP contribution in [0, 0.1) is 0 Å². The molecule has 1 aliphatic heterocycles. The molecule has 1 aromatic carbocycles. The molecule has 1 aliphatic rings. The largest absolute Gasteiger partial charge is 0.354 e. The number of aromatic nitrogens is 3. The van der Waals surface area contributed by atoms with Crippen molar-refractivity contribution in [3.63, 3.8) is 0 Å². The number of hydrogen-bond acceptors (Lipinski definition) is 6. The van der Waals surface area contributed by atoms with Crippen LogP contribution in [0.4, 0.5) is 0 Å². The van der Waals surface area contributed by atoms with E-state index in [9.17, 15) is 9.59 Å². The fourth-order valence-corrected chi connectivity index (χ4v) is 3.24. The molecule has 25 heavy (non-hydrogen) atoms. The number of fused-ring (bicyclic) bond motifs is 1. The zero-order chi connectivity index (χ0) is 17.4. The molecule has 0 aliphatic carbocycles. The van der Waals surface area contributed by atoms with Gasteiger partial charge in [0.05, 0.1) is 5.39 Å². The van der Waals surface area contributed by atoms with E-state index in [1.54, 1.807) is 0 Å². The number of hydrogen-bond donors (Lipinski definition) is 2. The SMILES string of the molecule is CC1CN(Cc2ccc3onc(-n4ccc(=O)[nH]c4=O)c3c2)CCN1. The van der Waals surface area contributed by atoms with Crippen LogP contribution in [-0.4, -0.2) is 45.3 Å². The fourth-order valence-electron chi connectivity index (χ4n) is 3.24. The highest BCUT2D eigenvalue weighted by atomic mass is 16.5. The Morgan fingerprint density at radius 2 is 2.20 bits per heavy atom. The Morgan fingerprint density at radius 1 is 1.32 bits per heavy atom. The number of benzene rings is 1. The van der Waals surface area contributed by atoms with Crippen molar-refractivity contribution >= 4 is 11.0 Å². The van der Waals surface area contributed by atoms with Crippen LogP contribution >= 0.6 is 0 Å². The van der Waals surface area contributed by atoms with Gasteiger partial charge < -0.3 is 9.84 Å². The van der Waals surface area contributed by atoms with Gasteiger partial charge in [-0.05, 0) is 24.6 Å². The molecule has 8 nitrogen and oxygen atoms in total. The van der Waals surface area contributed by atoms with Crippen molar-refractivity contribution in [1.82, 2.24) is 24.9 Å².